The summed E-state index contributed by atoms with van der Waals surface area (Å²) in [4.78, 5) is 24.0. The van der Waals surface area contributed by atoms with Gasteiger partial charge < -0.3 is 19.3 Å². The minimum atomic E-state index is -0.800. The number of ether oxygens (including phenoxy) is 3. The Morgan fingerprint density at radius 2 is 2.04 bits per heavy atom. The van der Waals surface area contributed by atoms with Crippen LogP contribution in [0.1, 0.15) is 59.3 Å². The molecular formula is C22H32O6. The van der Waals surface area contributed by atoms with E-state index in [0.717, 1.165) is 37.7 Å². The Bertz CT molecular complexity index is 670. The molecule has 28 heavy (non-hydrogen) atoms. The Hall–Kier alpha value is -1.66. The van der Waals surface area contributed by atoms with Gasteiger partial charge >= 0.3 is 11.9 Å². The molecule has 3 saturated heterocycles. The first kappa shape index (κ1) is 21.1. The van der Waals surface area contributed by atoms with Gasteiger partial charge in [0, 0.05) is 18.4 Å². The summed E-state index contributed by atoms with van der Waals surface area (Å²) in [6.07, 6.45) is 2.27. The number of carbonyl (C=O) groups is 2. The molecule has 3 aliphatic rings. The van der Waals surface area contributed by atoms with Crippen molar-refractivity contribution in [3.05, 3.63) is 24.3 Å². The third kappa shape index (κ3) is 4.03. The van der Waals surface area contributed by atoms with Gasteiger partial charge in [-0.3, -0.25) is 4.79 Å². The molecule has 6 nitrogen and oxygen atoms in total. The molecule has 0 aromatic heterocycles. The van der Waals surface area contributed by atoms with Crippen LogP contribution >= 0.6 is 0 Å². The van der Waals surface area contributed by atoms with Gasteiger partial charge in [-0.2, -0.15) is 0 Å². The Balaban J connectivity index is 1.95. The lowest BCUT2D eigenvalue weighted by Crippen LogP contribution is -2.46. The average Bonchev–Trinajstić information content (AvgIpc) is 3.15. The second-order valence-corrected chi connectivity index (χ2v) is 8.81. The maximum Gasteiger partial charge on any atom is 0.334 e. The minimum Gasteiger partial charge on any atom is -0.459 e. The summed E-state index contributed by atoms with van der Waals surface area (Å²) in [7, 11) is 0. The zero-order chi connectivity index (χ0) is 20.6. The summed E-state index contributed by atoms with van der Waals surface area (Å²) >= 11 is 0. The number of carbonyl (C=O) groups excluding carboxylic acids is 2. The highest BCUT2D eigenvalue weighted by molar-refractivity contribution is 5.90. The first-order valence-electron chi connectivity index (χ1n) is 10.2. The fourth-order valence-corrected chi connectivity index (χ4v) is 4.76. The zero-order valence-corrected chi connectivity index (χ0v) is 17.1. The van der Waals surface area contributed by atoms with Gasteiger partial charge in [0.2, 0.25) is 0 Å². The van der Waals surface area contributed by atoms with Crippen molar-refractivity contribution in [2.24, 2.45) is 11.8 Å². The highest BCUT2D eigenvalue weighted by Crippen LogP contribution is 2.44. The van der Waals surface area contributed by atoms with Crippen LogP contribution < -0.4 is 0 Å². The highest BCUT2D eigenvalue weighted by Gasteiger charge is 2.51. The molecule has 0 saturated carbocycles. The van der Waals surface area contributed by atoms with E-state index < -0.39 is 41.8 Å². The fourth-order valence-electron chi connectivity index (χ4n) is 4.76. The van der Waals surface area contributed by atoms with Gasteiger partial charge in [-0.1, -0.05) is 20.1 Å². The van der Waals surface area contributed by atoms with Crippen molar-refractivity contribution in [2.75, 3.05) is 0 Å². The molecule has 1 unspecified atom stereocenters. The van der Waals surface area contributed by atoms with Crippen molar-refractivity contribution in [2.45, 2.75) is 89.3 Å². The van der Waals surface area contributed by atoms with E-state index in [1.807, 2.05) is 13.8 Å². The second kappa shape index (κ2) is 7.99. The first-order chi connectivity index (χ1) is 13.1. The van der Waals surface area contributed by atoms with E-state index in [-0.39, 0.29) is 12.0 Å². The van der Waals surface area contributed by atoms with Crippen LogP contribution in [0, 0.1) is 11.8 Å². The van der Waals surface area contributed by atoms with Gasteiger partial charge in [0.05, 0.1) is 12.2 Å². The van der Waals surface area contributed by atoms with Crippen LogP contribution in [-0.4, -0.2) is 47.1 Å². The van der Waals surface area contributed by atoms with Crippen LogP contribution in [0.5, 0.6) is 0 Å². The quantitative estimate of drug-likeness (QED) is 0.420. The van der Waals surface area contributed by atoms with Crippen molar-refractivity contribution < 1.29 is 28.9 Å². The number of esters is 2. The number of aliphatic hydroxyl groups excluding tert-OH is 1. The number of hydrogen-bond acceptors (Lipinski definition) is 6. The summed E-state index contributed by atoms with van der Waals surface area (Å²) in [5.74, 6) is -1.35. The summed E-state index contributed by atoms with van der Waals surface area (Å²) in [5, 5.41) is 10.9. The fraction of sp³-hybridized carbons (Fsp3) is 0.727. The number of hydrogen-bond donors (Lipinski definition) is 1. The smallest absolute Gasteiger partial charge is 0.334 e. The van der Waals surface area contributed by atoms with Crippen LogP contribution in [0.3, 0.4) is 0 Å². The largest absolute Gasteiger partial charge is 0.459 e. The molecule has 3 fully saturated rings. The maximum atomic E-state index is 12.2. The molecule has 156 valence electrons. The SMILES string of the molecule is C=C1CCC[C@@H](C)[C@H](O)[C@@H]2OC(=O)C(=C)[C@@H]2C[C@@H](OC(C)=O)C2(C)CC[C@H]1O2. The van der Waals surface area contributed by atoms with E-state index in [4.69, 9.17) is 14.2 Å². The van der Waals surface area contributed by atoms with Crippen LogP contribution in [-0.2, 0) is 23.8 Å². The van der Waals surface area contributed by atoms with Crippen molar-refractivity contribution >= 4 is 11.9 Å². The number of rotatable bonds is 1. The molecule has 2 bridgehead atoms. The third-order valence-corrected chi connectivity index (χ3v) is 6.65. The summed E-state index contributed by atoms with van der Waals surface area (Å²) < 4.78 is 17.5. The molecule has 6 heteroatoms. The molecule has 0 aliphatic carbocycles. The van der Waals surface area contributed by atoms with Gasteiger partial charge in [0.1, 0.15) is 17.8 Å². The van der Waals surface area contributed by atoms with Crippen molar-refractivity contribution in [3.63, 3.8) is 0 Å². The van der Waals surface area contributed by atoms with E-state index in [2.05, 4.69) is 13.2 Å². The van der Waals surface area contributed by atoms with Gasteiger partial charge in [-0.05, 0) is 56.9 Å². The summed E-state index contributed by atoms with van der Waals surface area (Å²) in [6.45, 7) is 13.4. The van der Waals surface area contributed by atoms with Gasteiger partial charge in [-0.15, -0.1) is 0 Å². The molecule has 3 heterocycles. The number of aliphatic hydroxyl groups is 1. The summed E-state index contributed by atoms with van der Waals surface area (Å²) in [5.41, 5.74) is 0.688. The molecule has 3 aliphatic heterocycles. The van der Waals surface area contributed by atoms with Crippen molar-refractivity contribution in [1.29, 1.82) is 0 Å². The van der Waals surface area contributed by atoms with Crippen LogP contribution in [0.15, 0.2) is 24.3 Å². The standard InChI is InChI=1S/C22H32O6/c1-12-7-6-8-13(2)19(24)20-16(14(3)21(25)27-20)11-18(26-15(4)23)22(5)10-9-17(12)28-22/h13,16-20,24H,1,3,6-11H2,2,4-5H3/t13-,16+,17-,18-,19+,20-,22?/m1/s1. The molecule has 0 spiro atoms. The molecule has 1 N–H and O–H groups in total. The monoisotopic (exact) mass is 392 g/mol. The lowest BCUT2D eigenvalue weighted by molar-refractivity contribution is -0.169. The second-order valence-electron chi connectivity index (χ2n) is 8.81. The normalized spacial score (nSPS) is 42.1. The molecule has 0 aromatic carbocycles. The van der Waals surface area contributed by atoms with Gasteiger partial charge in [0.25, 0.3) is 0 Å². The Labute approximate surface area is 166 Å². The Kier molecular flexibility index (Phi) is 6.01. The lowest BCUT2D eigenvalue weighted by atomic mass is 9.79. The molecule has 3 rings (SSSR count). The van der Waals surface area contributed by atoms with E-state index in [9.17, 15) is 14.7 Å². The van der Waals surface area contributed by atoms with Crippen molar-refractivity contribution in [3.8, 4) is 0 Å². The van der Waals surface area contributed by atoms with Crippen molar-refractivity contribution in [1.82, 2.24) is 0 Å². The topological polar surface area (TPSA) is 82.1 Å². The zero-order valence-electron chi connectivity index (χ0n) is 17.1. The predicted octanol–water partition coefficient (Wildman–Crippen LogP) is 3.08. The van der Waals surface area contributed by atoms with E-state index in [1.54, 1.807) is 0 Å². The van der Waals surface area contributed by atoms with E-state index in [0.29, 0.717) is 12.0 Å². The highest BCUT2D eigenvalue weighted by atomic mass is 16.6. The van der Waals surface area contributed by atoms with Crippen LogP contribution in [0.2, 0.25) is 0 Å². The molecule has 0 aromatic rings. The molecule has 0 amide bonds. The van der Waals surface area contributed by atoms with E-state index >= 15 is 0 Å². The number of fused-ring (bicyclic) bond motifs is 3. The molecular weight excluding hydrogens is 360 g/mol. The minimum absolute atomic E-state index is 0.0411. The third-order valence-electron chi connectivity index (χ3n) is 6.65. The Morgan fingerprint density at radius 3 is 2.71 bits per heavy atom. The average molecular weight is 392 g/mol. The first-order valence-corrected chi connectivity index (χ1v) is 10.2. The Morgan fingerprint density at radius 1 is 1.32 bits per heavy atom. The van der Waals surface area contributed by atoms with E-state index in [1.165, 1.54) is 6.92 Å². The summed E-state index contributed by atoms with van der Waals surface area (Å²) in [6, 6.07) is 0. The lowest BCUT2D eigenvalue weighted by Gasteiger charge is -2.36. The molecule has 0 radical (unpaired) electrons. The van der Waals surface area contributed by atoms with Gasteiger partial charge in [-0.25, -0.2) is 4.79 Å². The molecule has 7 atom stereocenters. The van der Waals surface area contributed by atoms with Crippen LogP contribution in [0.4, 0.5) is 0 Å². The van der Waals surface area contributed by atoms with Crippen LogP contribution in [0.25, 0.3) is 0 Å². The van der Waals surface area contributed by atoms with Gasteiger partial charge in [0.15, 0.2) is 0 Å². The predicted molar refractivity (Wildman–Crippen MR) is 103 cm³/mol. The maximum absolute atomic E-state index is 12.2.